The van der Waals surface area contributed by atoms with Gasteiger partial charge < -0.3 is 15.5 Å². The maximum Gasteiger partial charge on any atom is 0.240 e. The second kappa shape index (κ2) is 6.37. The van der Waals surface area contributed by atoms with Crippen molar-refractivity contribution in [2.75, 3.05) is 13.1 Å². The maximum absolute atomic E-state index is 12.2. The maximum atomic E-state index is 12.2. The van der Waals surface area contributed by atoms with E-state index in [2.05, 4.69) is 10.6 Å². The van der Waals surface area contributed by atoms with Crippen LogP contribution in [0.15, 0.2) is 0 Å². The van der Waals surface area contributed by atoms with Gasteiger partial charge in [0.05, 0.1) is 12.6 Å². The monoisotopic (exact) mass is 269 g/mol. The summed E-state index contributed by atoms with van der Waals surface area (Å²) in [5.74, 6) is -0.0462. The highest BCUT2D eigenvalue weighted by Gasteiger charge is 2.30. The number of piperidine rings is 1. The molecule has 5 nitrogen and oxygen atoms in total. The van der Waals surface area contributed by atoms with Crippen LogP contribution in [-0.4, -0.2) is 47.4 Å². The quantitative estimate of drug-likeness (QED) is 0.797. The average molecular weight is 269 g/mol. The van der Waals surface area contributed by atoms with Crippen molar-refractivity contribution in [1.29, 1.82) is 0 Å². The number of amides is 2. The minimum atomic E-state index is -0.258. The van der Waals surface area contributed by atoms with Crippen molar-refractivity contribution in [1.82, 2.24) is 15.5 Å². The molecule has 0 saturated carbocycles. The molecule has 1 atom stereocenters. The fourth-order valence-electron chi connectivity index (χ4n) is 2.29. The molecule has 2 amide bonds. The second-order valence-corrected chi connectivity index (χ2v) is 6.57. The van der Waals surface area contributed by atoms with Gasteiger partial charge >= 0.3 is 0 Å². The molecule has 0 spiro atoms. The van der Waals surface area contributed by atoms with Crippen LogP contribution in [0.4, 0.5) is 0 Å². The van der Waals surface area contributed by atoms with Crippen LogP contribution in [0.2, 0.25) is 0 Å². The zero-order chi connectivity index (χ0) is 14.6. The van der Waals surface area contributed by atoms with Crippen molar-refractivity contribution >= 4 is 11.8 Å². The van der Waals surface area contributed by atoms with Gasteiger partial charge in [-0.2, -0.15) is 0 Å². The van der Waals surface area contributed by atoms with Gasteiger partial charge in [-0.05, 0) is 33.6 Å². The zero-order valence-electron chi connectivity index (χ0n) is 12.7. The molecule has 0 radical (unpaired) electrons. The molecule has 19 heavy (non-hydrogen) atoms. The van der Waals surface area contributed by atoms with E-state index in [4.69, 9.17) is 0 Å². The van der Waals surface area contributed by atoms with Crippen molar-refractivity contribution in [3.05, 3.63) is 0 Å². The van der Waals surface area contributed by atoms with Crippen LogP contribution in [0.1, 0.15) is 47.5 Å². The fraction of sp³-hybridized carbons (Fsp3) is 0.857. The van der Waals surface area contributed by atoms with Crippen LogP contribution in [-0.2, 0) is 9.59 Å². The minimum absolute atomic E-state index is 0.0454. The van der Waals surface area contributed by atoms with Crippen molar-refractivity contribution < 1.29 is 9.59 Å². The predicted molar refractivity (Wildman–Crippen MR) is 75.8 cm³/mol. The Morgan fingerprint density at radius 1 is 1.42 bits per heavy atom. The Balaban J connectivity index is 2.53. The first-order valence-corrected chi connectivity index (χ1v) is 7.05. The smallest absolute Gasteiger partial charge is 0.240 e. The molecule has 1 heterocycles. The summed E-state index contributed by atoms with van der Waals surface area (Å²) in [5.41, 5.74) is -0.258. The topological polar surface area (TPSA) is 61.4 Å². The molecule has 0 aromatic carbocycles. The zero-order valence-corrected chi connectivity index (χ0v) is 12.7. The Morgan fingerprint density at radius 2 is 2.05 bits per heavy atom. The predicted octanol–water partition coefficient (Wildman–Crippen LogP) is 0.890. The van der Waals surface area contributed by atoms with Crippen LogP contribution in [0.5, 0.6) is 0 Å². The van der Waals surface area contributed by atoms with Crippen molar-refractivity contribution in [3.63, 3.8) is 0 Å². The number of carbonyl (C=O) groups is 2. The van der Waals surface area contributed by atoms with Crippen LogP contribution in [0, 0.1) is 0 Å². The van der Waals surface area contributed by atoms with Gasteiger partial charge in [0.25, 0.3) is 0 Å². The molecule has 2 N–H and O–H groups in total. The summed E-state index contributed by atoms with van der Waals surface area (Å²) < 4.78 is 0. The molecule has 0 aromatic rings. The summed E-state index contributed by atoms with van der Waals surface area (Å²) in [4.78, 5) is 25.8. The van der Waals surface area contributed by atoms with Crippen LogP contribution in [0.25, 0.3) is 0 Å². The van der Waals surface area contributed by atoms with E-state index in [-0.39, 0.29) is 36.0 Å². The number of nitrogens with one attached hydrogen (secondary N) is 2. The van der Waals surface area contributed by atoms with E-state index in [0.29, 0.717) is 6.54 Å². The summed E-state index contributed by atoms with van der Waals surface area (Å²) in [5, 5.41) is 6.15. The first kappa shape index (κ1) is 16.0. The number of rotatable bonds is 4. The van der Waals surface area contributed by atoms with E-state index in [0.717, 1.165) is 12.8 Å². The van der Waals surface area contributed by atoms with Crippen molar-refractivity contribution in [2.45, 2.75) is 65.1 Å². The molecule has 1 unspecified atom stereocenters. The molecular formula is C14H27N3O2. The van der Waals surface area contributed by atoms with Gasteiger partial charge in [-0.3, -0.25) is 9.59 Å². The molecule has 0 bridgehead atoms. The molecule has 110 valence electrons. The van der Waals surface area contributed by atoms with Gasteiger partial charge in [0.2, 0.25) is 11.8 Å². The summed E-state index contributed by atoms with van der Waals surface area (Å²) in [6.07, 6.45) is 1.80. The Kier molecular flexibility index (Phi) is 5.35. The second-order valence-electron chi connectivity index (χ2n) is 6.57. The normalized spacial score (nSPS) is 20.8. The van der Waals surface area contributed by atoms with Crippen molar-refractivity contribution in [2.24, 2.45) is 0 Å². The molecule has 0 aliphatic carbocycles. The first-order valence-electron chi connectivity index (χ1n) is 7.05. The van der Waals surface area contributed by atoms with Gasteiger partial charge in [0, 0.05) is 18.1 Å². The van der Waals surface area contributed by atoms with Gasteiger partial charge in [-0.1, -0.05) is 13.8 Å². The molecule has 1 saturated heterocycles. The molecule has 1 fully saturated rings. The fourth-order valence-corrected chi connectivity index (χ4v) is 2.29. The molecule has 5 heteroatoms. The summed E-state index contributed by atoms with van der Waals surface area (Å²) in [6, 6.07) is 0.133. The van der Waals surface area contributed by atoms with Crippen LogP contribution >= 0.6 is 0 Å². The number of hydrogen-bond acceptors (Lipinski definition) is 3. The van der Waals surface area contributed by atoms with E-state index in [1.54, 1.807) is 4.90 Å². The standard InChI is InChI=1S/C14H27N3O2/c1-10(2)15-11-7-6-8-17(13(11)19)9-12(18)16-14(3,4)5/h10-11,15H,6-9H2,1-5H3,(H,16,18). The van der Waals surface area contributed by atoms with Gasteiger partial charge in [0.1, 0.15) is 0 Å². The summed E-state index contributed by atoms with van der Waals surface area (Å²) in [6.45, 7) is 10.7. The van der Waals surface area contributed by atoms with E-state index in [1.807, 2.05) is 34.6 Å². The van der Waals surface area contributed by atoms with E-state index in [9.17, 15) is 9.59 Å². The lowest BCUT2D eigenvalue weighted by molar-refractivity contribution is -0.140. The Hall–Kier alpha value is -1.10. The minimum Gasteiger partial charge on any atom is -0.350 e. The van der Waals surface area contributed by atoms with Crippen LogP contribution < -0.4 is 10.6 Å². The highest BCUT2D eigenvalue weighted by atomic mass is 16.2. The lowest BCUT2D eigenvalue weighted by atomic mass is 10.0. The molecule has 1 aliphatic rings. The lowest BCUT2D eigenvalue weighted by Gasteiger charge is -2.34. The third kappa shape index (κ3) is 5.59. The highest BCUT2D eigenvalue weighted by molar-refractivity contribution is 5.88. The number of carbonyl (C=O) groups excluding carboxylic acids is 2. The van der Waals surface area contributed by atoms with Gasteiger partial charge in [-0.15, -0.1) is 0 Å². The Labute approximate surface area is 116 Å². The Morgan fingerprint density at radius 3 is 2.58 bits per heavy atom. The highest BCUT2D eigenvalue weighted by Crippen LogP contribution is 2.12. The molecular weight excluding hydrogens is 242 g/mol. The van der Waals surface area contributed by atoms with E-state index < -0.39 is 0 Å². The van der Waals surface area contributed by atoms with Gasteiger partial charge in [0.15, 0.2) is 0 Å². The Bertz CT molecular complexity index is 334. The van der Waals surface area contributed by atoms with Crippen LogP contribution in [0.3, 0.4) is 0 Å². The van der Waals surface area contributed by atoms with E-state index >= 15 is 0 Å². The number of hydrogen-bond donors (Lipinski definition) is 2. The largest absolute Gasteiger partial charge is 0.350 e. The molecule has 0 aromatic heterocycles. The van der Waals surface area contributed by atoms with Crippen molar-refractivity contribution in [3.8, 4) is 0 Å². The SMILES string of the molecule is CC(C)NC1CCCN(CC(=O)NC(C)(C)C)C1=O. The molecule has 1 aliphatic heterocycles. The van der Waals surface area contributed by atoms with Gasteiger partial charge in [-0.25, -0.2) is 0 Å². The summed E-state index contributed by atoms with van der Waals surface area (Å²) in [7, 11) is 0. The first-order chi connectivity index (χ1) is 8.69. The third-order valence-electron chi connectivity index (χ3n) is 2.91. The number of nitrogens with zero attached hydrogens (tertiary/aromatic N) is 1. The number of likely N-dealkylation sites (tertiary alicyclic amines) is 1. The molecule has 1 rings (SSSR count). The lowest BCUT2D eigenvalue weighted by Crippen LogP contribution is -2.55. The third-order valence-corrected chi connectivity index (χ3v) is 2.91. The van der Waals surface area contributed by atoms with E-state index in [1.165, 1.54) is 0 Å². The average Bonchev–Trinajstić information content (AvgIpc) is 2.20. The summed E-state index contributed by atoms with van der Waals surface area (Å²) >= 11 is 0.